The van der Waals surface area contributed by atoms with Gasteiger partial charge in [0.15, 0.2) is 6.10 Å². The average Bonchev–Trinajstić information content (AvgIpc) is 2.98. The van der Waals surface area contributed by atoms with E-state index in [2.05, 4.69) is 21.2 Å². The molecular weight excluding hydrogens is 450 g/mol. The summed E-state index contributed by atoms with van der Waals surface area (Å²) in [7, 11) is 1.63. The predicted octanol–water partition coefficient (Wildman–Crippen LogP) is 3.99. The van der Waals surface area contributed by atoms with Crippen LogP contribution in [0.3, 0.4) is 0 Å². The molecule has 1 atom stereocenters. The topological polar surface area (TPSA) is 93.3 Å². The summed E-state index contributed by atoms with van der Waals surface area (Å²) in [5.74, 6) is -1.33. The third-order valence-corrected chi connectivity index (χ3v) is 5.07. The highest BCUT2D eigenvalue weighted by molar-refractivity contribution is 9.10. The zero-order valence-corrected chi connectivity index (χ0v) is 18.9. The van der Waals surface area contributed by atoms with Crippen LogP contribution in [0.4, 0.5) is 5.69 Å². The molecule has 0 fully saturated rings. The summed E-state index contributed by atoms with van der Waals surface area (Å²) in [5, 5.41) is 12.1. The second-order valence-electron chi connectivity index (χ2n) is 6.68. The number of hydrogen-bond acceptors (Lipinski definition) is 5. The molecule has 0 aliphatic heterocycles. The molecule has 1 unspecified atom stereocenters. The van der Waals surface area contributed by atoms with Crippen molar-refractivity contribution in [3.05, 3.63) is 57.3 Å². The Morgan fingerprint density at radius 3 is 2.57 bits per heavy atom. The van der Waals surface area contributed by atoms with Gasteiger partial charge in [-0.3, -0.25) is 4.79 Å². The van der Waals surface area contributed by atoms with E-state index >= 15 is 0 Å². The third kappa shape index (κ3) is 6.05. The molecule has 0 aliphatic carbocycles. The third-order valence-electron chi connectivity index (χ3n) is 4.54. The number of rotatable bonds is 8. The molecule has 1 heterocycles. The fraction of sp³-hybridized carbons (Fsp3) is 0.318. The number of nitrogens with zero attached hydrogens (tertiary/aromatic N) is 2. The molecule has 0 spiro atoms. The molecule has 30 heavy (non-hydrogen) atoms. The molecule has 7 nitrogen and oxygen atoms in total. The number of carbonyl (C=O) groups excluding carboxylic acids is 2. The van der Waals surface area contributed by atoms with E-state index in [0.717, 1.165) is 21.4 Å². The first-order valence-corrected chi connectivity index (χ1v) is 10.1. The Balaban J connectivity index is 2.09. The van der Waals surface area contributed by atoms with Crippen molar-refractivity contribution < 1.29 is 19.1 Å². The fourth-order valence-corrected chi connectivity index (χ4v) is 3.11. The lowest BCUT2D eigenvalue weighted by Gasteiger charge is -2.13. The molecule has 2 aromatic rings. The number of anilines is 1. The molecule has 1 aromatic heterocycles. The number of aryl methyl sites for hydroxylation is 1. The lowest BCUT2D eigenvalue weighted by molar-refractivity contribution is -0.148. The molecule has 158 valence electrons. The highest BCUT2D eigenvalue weighted by atomic mass is 79.9. The molecule has 0 aliphatic rings. The first-order chi connectivity index (χ1) is 14.3. The lowest BCUT2D eigenvalue weighted by Crippen LogP contribution is -2.30. The molecular formula is C22H24BrN3O4. The van der Waals surface area contributed by atoms with Crippen molar-refractivity contribution in [2.24, 2.45) is 0 Å². The molecule has 1 amide bonds. The smallest absolute Gasteiger partial charge is 0.349 e. The monoisotopic (exact) mass is 473 g/mol. The van der Waals surface area contributed by atoms with E-state index < -0.39 is 18.0 Å². The number of hydrogen-bond donors (Lipinski definition) is 1. The van der Waals surface area contributed by atoms with Crippen LogP contribution in [0, 0.1) is 25.2 Å². The summed E-state index contributed by atoms with van der Waals surface area (Å²) in [6.07, 6.45) is 0.417. The number of methoxy groups -OCH3 is 1. The number of halogens is 1. The van der Waals surface area contributed by atoms with E-state index in [1.165, 1.54) is 13.0 Å². The van der Waals surface area contributed by atoms with Gasteiger partial charge in [-0.1, -0.05) is 15.9 Å². The van der Waals surface area contributed by atoms with Crippen molar-refractivity contribution in [3.63, 3.8) is 0 Å². The summed E-state index contributed by atoms with van der Waals surface area (Å²) < 4.78 is 13.2. The molecule has 0 saturated carbocycles. The number of amides is 1. The number of nitriles is 1. The summed E-state index contributed by atoms with van der Waals surface area (Å²) in [6, 6.07) is 10.8. The van der Waals surface area contributed by atoms with Gasteiger partial charge < -0.3 is 19.4 Å². The minimum Gasteiger partial charge on any atom is -0.448 e. The Kier molecular flexibility index (Phi) is 8.39. The van der Waals surface area contributed by atoms with Crippen molar-refractivity contribution in [1.82, 2.24) is 4.57 Å². The summed E-state index contributed by atoms with van der Waals surface area (Å²) in [5.41, 5.74) is 3.04. The summed E-state index contributed by atoms with van der Waals surface area (Å²) >= 11 is 3.32. The van der Waals surface area contributed by atoms with E-state index in [-0.39, 0.29) is 5.57 Å². The second kappa shape index (κ2) is 10.8. The maximum atomic E-state index is 12.4. The predicted molar refractivity (Wildman–Crippen MR) is 118 cm³/mol. The minimum atomic E-state index is -1.06. The van der Waals surface area contributed by atoms with Crippen molar-refractivity contribution in [3.8, 4) is 6.07 Å². The van der Waals surface area contributed by atoms with Crippen LogP contribution in [0.1, 0.15) is 23.9 Å². The molecule has 8 heteroatoms. The Bertz CT molecular complexity index is 987. The number of carbonyl (C=O) groups is 2. The minimum absolute atomic E-state index is 0.176. The number of ether oxygens (including phenoxy) is 2. The number of esters is 1. The van der Waals surface area contributed by atoms with Crippen LogP contribution >= 0.6 is 15.9 Å². The van der Waals surface area contributed by atoms with Gasteiger partial charge >= 0.3 is 5.97 Å². The molecule has 0 saturated heterocycles. The molecule has 1 N–H and O–H groups in total. The standard InChI is InChI=1S/C22H24BrN3O4/c1-14-11-17(15(2)26(14)9-10-29-4)12-18(13-24)22(28)30-16(3)21(27)25-20-7-5-19(23)6-8-20/h5-8,11-12,16H,9-10H2,1-4H3,(H,25,27)/b18-12+. The zero-order chi connectivity index (χ0) is 22.3. The average molecular weight is 474 g/mol. The van der Waals surface area contributed by atoms with E-state index in [1.54, 1.807) is 31.4 Å². The van der Waals surface area contributed by atoms with Gasteiger partial charge in [-0.15, -0.1) is 0 Å². The Morgan fingerprint density at radius 2 is 1.97 bits per heavy atom. The second-order valence-corrected chi connectivity index (χ2v) is 7.60. The normalized spacial score (nSPS) is 12.2. The quantitative estimate of drug-likeness (QED) is 0.355. The van der Waals surface area contributed by atoms with Crippen LogP contribution in [0.25, 0.3) is 6.08 Å². The van der Waals surface area contributed by atoms with E-state index in [4.69, 9.17) is 9.47 Å². The number of benzene rings is 1. The van der Waals surface area contributed by atoms with Gasteiger partial charge in [0, 0.05) is 35.2 Å². The van der Waals surface area contributed by atoms with Crippen LogP contribution in [0.5, 0.6) is 0 Å². The number of nitrogens with one attached hydrogen (secondary N) is 1. The molecule has 1 aromatic carbocycles. The van der Waals surface area contributed by atoms with Gasteiger partial charge in [0.25, 0.3) is 5.91 Å². The Labute approximate surface area is 184 Å². The van der Waals surface area contributed by atoms with Gasteiger partial charge in [0.05, 0.1) is 6.61 Å². The van der Waals surface area contributed by atoms with Crippen LogP contribution < -0.4 is 5.32 Å². The van der Waals surface area contributed by atoms with Gasteiger partial charge in [-0.2, -0.15) is 5.26 Å². The van der Waals surface area contributed by atoms with Gasteiger partial charge in [0.2, 0.25) is 0 Å². The maximum Gasteiger partial charge on any atom is 0.349 e. The van der Waals surface area contributed by atoms with Crippen molar-refractivity contribution in [1.29, 1.82) is 5.26 Å². The first-order valence-electron chi connectivity index (χ1n) is 9.31. The molecule has 0 bridgehead atoms. The Hall–Kier alpha value is -2.89. The first kappa shape index (κ1) is 23.4. The van der Waals surface area contributed by atoms with Crippen LogP contribution in [-0.2, 0) is 25.6 Å². The Morgan fingerprint density at radius 1 is 1.30 bits per heavy atom. The van der Waals surface area contributed by atoms with Crippen LogP contribution in [-0.4, -0.2) is 36.3 Å². The lowest BCUT2D eigenvalue weighted by atomic mass is 10.1. The largest absolute Gasteiger partial charge is 0.448 e. The van der Waals surface area contributed by atoms with Gasteiger partial charge in [0.1, 0.15) is 11.6 Å². The van der Waals surface area contributed by atoms with Crippen LogP contribution in [0.15, 0.2) is 40.4 Å². The van der Waals surface area contributed by atoms with E-state index in [0.29, 0.717) is 18.8 Å². The van der Waals surface area contributed by atoms with E-state index in [9.17, 15) is 14.9 Å². The molecule has 2 rings (SSSR count). The highest BCUT2D eigenvalue weighted by Crippen LogP contribution is 2.19. The zero-order valence-electron chi connectivity index (χ0n) is 17.4. The van der Waals surface area contributed by atoms with Crippen molar-refractivity contribution >= 4 is 39.6 Å². The highest BCUT2D eigenvalue weighted by Gasteiger charge is 2.21. The molecule has 0 radical (unpaired) electrons. The van der Waals surface area contributed by atoms with Gasteiger partial charge in [-0.05, 0) is 62.7 Å². The van der Waals surface area contributed by atoms with Gasteiger partial charge in [-0.25, -0.2) is 4.79 Å². The van der Waals surface area contributed by atoms with Crippen molar-refractivity contribution in [2.75, 3.05) is 19.0 Å². The maximum absolute atomic E-state index is 12.4. The fourth-order valence-electron chi connectivity index (χ4n) is 2.85. The van der Waals surface area contributed by atoms with E-state index in [1.807, 2.05) is 30.6 Å². The summed E-state index contributed by atoms with van der Waals surface area (Å²) in [6.45, 7) is 6.53. The van der Waals surface area contributed by atoms with Crippen molar-refractivity contribution in [2.45, 2.75) is 33.4 Å². The SMILES string of the molecule is COCCn1c(C)cc(/C=C(\C#N)C(=O)OC(C)C(=O)Nc2ccc(Br)cc2)c1C. The number of aromatic nitrogens is 1. The summed E-state index contributed by atoms with van der Waals surface area (Å²) in [4.78, 5) is 24.7. The van der Waals surface area contributed by atoms with Crippen LogP contribution in [0.2, 0.25) is 0 Å².